The molecule has 64 valence electrons. The summed E-state index contributed by atoms with van der Waals surface area (Å²) in [6.45, 7) is 4.19. The molecule has 1 aromatic rings. The highest BCUT2D eigenvalue weighted by Gasteiger charge is 2.07. The molecular weight excluding hydrogens is 168 g/mol. The van der Waals surface area contributed by atoms with Crippen LogP contribution in [0.5, 0.6) is 0 Å². The van der Waals surface area contributed by atoms with Crippen LogP contribution in [0.4, 0.5) is 0 Å². The number of hydrogen-bond acceptors (Lipinski definition) is 2. The highest BCUT2D eigenvalue weighted by molar-refractivity contribution is 7.80. The molecule has 0 fully saturated rings. The van der Waals surface area contributed by atoms with Crippen molar-refractivity contribution in [1.29, 1.82) is 0 Å². The van der Waals surface area contributed by atoms with E-state index in [1.165, 1.54) is 0 Å². The van der Waals surface area contributed by atoms with Crippen molar-refractivity contribution in [3.8, 4) is 0 Å². The predicted molar refractivity (Wildman–Crippen MR) is 54.2 cm³/mol. The molecule has 0 saturated carbocycles. The molecule has 0 bridgehead atoms. The zero-order valence-electron chi connectivity index (χ0n) is 7.24. The van der Waals surface area contributed by atoms with E-state index in [2.05, 4.69) is 18.8 Å². The summed E-state index contributed by atoms with van der Waals surface area (Å²) in [6, 6.07) is 1.86. The second kappa shape index (κ2) is 3.63. The number of pyridine rings is 1. The Labute approximate surface area is 77.8 Å². The summed E-state index contributed by atoms with van der Waals surface area (Å²) in [4.78, 5) is 4.48. The molecule has 0 spiro atoms. The van der Waals surface area contributed by atoms with Gasteiger partial charge in [-0.15, -0.1) is 0 Å². The van der Waals surface area contributed by atoms with Crippen LogP contribution in [0.1, 0.15) is 30.9 Å². The Bertz CT molecular complexity index is 294. The first kappa shape index (κ1) is 9.13. The second-order valence-corrected chi connectivity index (χ2v) is 3.42. The molecule has 0 aliphatic carbocycles. The minimum Gasteiger partial charge on any atom is -0.389 e. The molecule has 0 unspecified atom stereocenters. The lowest BCUT2D eigenvalue weighted by molar-refractivity contribution is 0.855. The lowest BCUT2D eigenvalue weighted by Gasteiger charge is -2.09. The van der Waals surface area contributed by atoms with Gasteiger partial charge in [0.15, 0.2) is 0 Å². The topological polar surface area (TPSA) is 38.9 Å². The van der Waals surface area contributed by atoms with Crippen LogP contribution >= 0.6 is 12.2 Å². The molecular formula is C9H12N2S. The standard InChI is InChI=1S/C9H12N2S/c1-6(2)8-5-11-4-3-7(8)9(10)12/h3-6H,1-2H3,(H2,10,12). The van der Waals surface area contributed by atoms with Gasteiger partial charge in [0, 0.05) is 18.0 Å². The van der Waals surface area contributed by atoms with E-state index in [0.717, 1.165) is 11.1 Å². The third-order valence-corrected chi connectivity index (χ3v) is 1.96. The normalized spacial score (nSPS) is 10.2. The van der Waals surface area contributed by atoms with E-state index in [1.807, 2.05) is 12.3 Å². The van der Waals surface area contributed by atoms with Crippen molar-refractivity contribution in [2.45, 2.75) is 19.8 Å². The van der Waals surface area contributed by atoms with E-state index < -0.39 is 0 Å². The molecule has 3 heteroatoms. The van der Waals surface area contributed by atoms with Crippen molar-refractivity contribution < 1.29 is 0 Å². The Morgan fingerprint density at radius 3 is 2.67 bits per heavy atom. The molecule has 0 aromatic carbocycles. The van der Waals surface area contributed by atoms with Gasteiger partial charge in [0.25, 0.3) is 0 Å². The fraction of sp³-hybridized carbons (Fsp3) is 0.333. The molecule has 0 aliphatic rings. The van der Waals surface area contributed by atoms with Gasteiger partial charge >= 0.3 is 0 Å². The average molecular weight is 180 g/mol. The Balaban J connectivity index is 3.17. The van der Waals surface area contributed by atoms with Crippen LogP contribution in [-0.4, -0.2) is 9.97 Å². The summed E-state index contributed by atoms with van der Waals surface area (Å²) in [7, 11) is 0. The zero-order valence-corrected chi connectivity index (χ0v) is 8.06. The van der Waals surface area contributed by atoms with Crippen molar-refractivity contribution in [3.63, 3.8) is 0 Å². The van der Waals surface area contributed by atoms with Gasteiger partial charge in [-0.05, 0) is 17.5 Å². The number of aromatic nitrogens is 1. The molecule has 1 heterocycles. The molecule has 0 atom stereocenters. The predicted octanol–water partition coefficient (Wildman–Crippen LogP) is 1.84. The van der Waals surface area contributed by atoms with E-state index in [4.69, 9.17) is 18.0 Å². The van der Waals surface area contributed by atoms with Crippen LogP contribution in [0.15, 0.2) is 18.5 Å². The molecule has 2 nitrogen and oxygen atoms in total. The van der Waals surface area contributed by atoms with Gasteiger partial charge in [-0.25, -0.2) is 0 Å². The Hall–Kier alpha value is -0.960. The van der Waals surface area contributed by atoms with Gasteiger partial charge < -0.3 is 5.73 Å². The van der Waals surface area contributed by atoms with Crippen molar-refractivity contribution in [3.05, 3.63) is 29.6 Å². The minimum atomic E-state index is 0.412. The third kappa shape index (κ3) is 1.80. The first-order valence-electron chi connectivity index (χ1n) is 3.86. The maximum atomic E-state index is 5.56. The van der Waals surface area contributed by atoms with Gasteiger partial charge in [0.1, 0.15) is 4.99 Å². The van der Waals surface area contributed by atoms with Gasteiger partial charge in [0.05, 0.1) is 0 Å². The van der Waals surface area contributed by atoms with Crippen LogP contribution in [-0.2, 0) is 0 Å². The lowest BCUT2D eigenvalue weighted by Crippen LogP contribution is -2.13. The minimum absolute atomic E-state index is 0.412. The van der Waals surface area contributed by atoms with Gasteiger partial charge in [0.2, 0.25) is 0 Å². The van der Waals surface area contributed by atoms with Crippen molar-refractivity contribution in [2.75, 3.05) is 0 Å². The third-order valence-electron chi connectivity index (χ3n) is 1.74. The summed E-state index contributed by atoms with van der Waals surface area (Å²) < 4.78 is 0. The summed E-state index contributed by atoms with van der Waals surface area (Å²) in [5, 5.41) is 0. The molecule has 0 amide bonds. The van der Waals surface area contributed by atoms with Crippen LogP contribution in [0.2, 0.25) is 0 Å². The number of thiocarbonyl (C=S) groups is 1. The Morgan fingerprint density at radius 1 is 1.58 bits per heavy atom. The van der Waals surface area contributed by atoms with Gasteiger partial charge in [-0.3, -0.25) is 4.98 Å². The van der Waals surface area contributed by atoms with Crippen molar-refractivity contribution in [1.82, 2.24) is 4.98 Å². The van der Waals surface area contributed by atoms with Crippen molar-refractivity contribution in [2.24, 2.45) is 5.73 Å². The van der Waals surface area contributed by atoms with Crippen LogP contribution in [0.3, 0.4) is 0 Å². The summed E-state index contributed by atoms with van der Waals surface area (Å²) in [5.41, 5.74) is 7.61. The number of rotatable bonds is 2. The maximum Gasteiger partial charge on any atom is 0.104 e. The number of nitrogens with zero attached hydrogens (tertiary/aromatic N) is 1. The SMILES string of the molecule is CC(C)c1cnccc1C(N)=S. The highest BCUT2D eigenvalue weighted by Crippen LogP contribution is 2.17. The smallest absolute Gasteiger partial charge is 0.104 e. The quantitative estimate of drug-likeness (QED) is 0.706. The fourth-order valence-corrected chi connectivity index (χ4v) is 1.28. The van der Waals surface area contributed by atoms with Crippen LogP contribution < -0.4 is 5.73 Å². The number of hydrogen-bond donors (Lipinski definition) is 1. The maximum absolute atomic E-state index is 5.56. The molecule has 12 heavy (non-hydrogen) atoms. The van der Waals surface area contributed by atoms with Gasteiger partial charge in [-0.2, -0.15) is 0 Å². The largest absolute Gasteiger partial charge is 0.389 e. The molecule has 1 rings (SSSR count). The van der Waals surface area contributed by atoms with E-state index in [1.54, 1.807) is 6.20 Å². The summed E-state index contributed by atoms with van der Waals surface area (Å²) >= 11 is 4.92. The Morgan fingerprint density at radius 2 is 2.25 bits per heavy atom. The van der Waals surface area contributed by atoms with E-state index >= 15 is 0 Å². The molecule has 0 radical (unpaired) electrons. The average Bonchev–Trinajstić information content (AvgIpc) is 2.04. The summed E-state index contributed by atoms with van der Waals surface area (Å²) in [5.74, 6) is 0.412. The first-order valence-corrected chi connectivity index (χ1v) is 4.27. The Kier molecular flexibility index (Phi) is 2.76. The van der Waals surface area contributed by atoms with Crippen molar-refractivity contribution >= 4 is 17.2 Å². The first-order chi connectivity index (χ1) is 5.63. The van der Waals surface area contributed by atoms with Gasteiger partial charge in [-0.1, -0.05) is 26.1 Å². The molecule has 0 aliphatic heterocycles. The monoisotopic (exact) mass is 180 g/mol. The second-order valence-electron chi connectivity index (χ2n) is 2.98. The fourth-order valence-electron chi connectivity index (χ4n) is 1.09. The molecule has 0 saturated heterocycles. The molecule has 1 aromatic heterocycles. The van der Waals surface area contributed by atoms with Crippen LogP contribution in [0, 0.1) is 0 Å². The van der Waals surface area contributed by atoms with E-state index in [9.17, 15) is 0 Å². The molecule has 2 N–H and O–H groups in total. The van der Waals surface area contributed by atoms with Crippen LogP contribution in [0.25, 0.3) is 0 Å². The number of nitrogens with two attached hydrogens (primary N) is 1. The van der Waals surface area contributed by atoms with E-state index in [0.29, 0.717) is 10.9 Å². The zero-order chi connectivity index (χ0) is 9.14. The van der Waals surface area contributed by atoms with E-state index in [-0.39, 0.29) is 0 Å². The highest BCUT2D eigenvalue weighted by atomic mass is 32.1. The lowest BCUT2D eigenvalue weighted by atomic mass is 10.00. The summed E-state index contributed by atoms with van der Waals surface area (Å²) in [6.07, 6.45) is 3.53.